The molecule has 0 spiro atoms. The predicted molar refractivity (Wildman–Crippen MR) is 99.2 cm³/mol. The molecule has 1 N–H and O–H groups in total. The number of rotatable bonds is 7. The lowest BCUT2D eigenvalue weighted by atomic mass is 9.83. The first kappa shape index (κ1) is 19.3. The normalized spacial score (nSPS) is 13.3. The van der Waals surface area contributed by atoms with Crippen molar-refractivity contribution < 1.29 is 27.3 Å². The van der Waals surface area contributed by atoms with Crippen LogP contribution < -0.4 is 4.74 Å². The fourth-order valence-electron chi connectivity index (χ4n) is 3.19. The molecular formula is C20H20O6S. The van der Waals surface area contributed by atoms with Crippen LogP contribution >= 0.6 is 0 Å². The van der Waals surface area contributed by atoms with E-state index in [0.717, 1.165) is 25.3 Å². The Morgan fingerprint density at radius 1 is 0.889 bits per heavy atom. The predicted octanol–water partition coefficient (Wildman–Crippen LogP) is 3.67. The molecule has 0 aliphatic heterocycles. The van der Waals surface area contributed by atoms with Gasteiger partial charge in [-0.05, 0) is 18.6 Å². The Bertz CT molecular complexity index is 1010. The Morgan fingerprint density at radius 3 is 2.19 bits per heavy atom. The molecule has 0 heterocycles. The van der Waals surface area contributed by atoms with Gasteiger partial charge in [0.05, 0.1) is 12.2 Å². The highest BCUT2D eigenvalue weighted by atomic mass is 32.2. The van der Waals surface area contributed by atoms with E-state index in [4.69, 9.17) is 4.74 Å². The summed E-state index contributed by atoms with van der Waals surface area (Å²) in [6.45, 7) is 2.24. The number of fused-ring (bicyclic) bond motifs is 2. The van der Waals surface area contributed by atoms with E-state index in [9.17, 15) is 22.6 Å². The molecule has 0 unspecified atom stereocenters. The largest absolute Gasteiger partial charge is 0.491 e. The molecule has 1 aliphatic carbocycles. The van der Waals surface area contributed by atoms with E-state index in [1.807, 2.05) is 0 Å². The number of hydrogen-bond acceptors (Lipinski definition) is 5. The monoisotopic (exact) mass is 388 g/mol. The van der Waals surface area contributed by atoms with Crippen molar-refractivity contribution in [1.82, 2.24) is 0 Å². The molecule has 0 saturated carbocycles. The highest BCUT2D eigenvalue weighted by molar-refractivity contribution is 7.86. The molecule has 6 nitrogen and oxygen atoms in total. The van der Waals surface area contributed by atoms with Crippen LogP contribution in [0.25, 0.3) is 0 Å². The van der Waals surface area contributed by atoms with Crippen molar-refractivity contribution in [3.05, 3.63) is 58.7 Å². The number of carbonyl (C=O) groups excluding carboxylic acids is 2. The van der Waals surface area contributed by atoms with Crippen molar-refractivity contribution in [3.63, 3.8) is 0 Å². The summed E-state index contributed by atoms with van der Waals surface area (Å²) in [5.74, 6) is -1.12. The first-order chi connectivity index (χ1) is 12.9. The number of unbranched alkanes of at least 4 members (excludes halogenated alkanes) is 3. The van der Waals surface area contributed by atoms with E-state index in [1.54, 1.807) is 18.2 Å². The van der Waals surface area contributed by atoms with Gasteiger partial charge >= 0.3 is 0 Å². The van der Waals surface area contributed by atoms with Crippen molar-refractivity contribution in [1.29, 1.82) is 0 Å². The van der Waals surface area contributed by atoms with E-state index < -0.39 is 20.8 Å². The Hall–Kier alpha value is -2.51. The van der Waals surface area contributed by atoms with Crippen molar-refractivity contribution in [3.8, 4) is 5.75 Å². The summed E-state index contributed by atoms with van der Waals surface area (Å²) in [5, 5.41) is 0. The second kappa shape index (κ2) is 7.62. The second-order valence-electron chi connectivity index (χ2n) is 6.40. The molecule has 0 atom stereocenters. The minimum atomic E-state index is -4.62. The van der Waals surface area contributed by atoms with Crippen molar-refractivity contribution >= 4 is 21.7 Å². The molecular weight excluding hydrogens is 368 g/mol. The zero-order valence-electron chi connectivity index (χ0n) is 14.9. The van der Waals surface area contributed by atoms with Gasteiger partial charge in [0.25, 0.3) is 10.1 Å². The van der Waals surface area contributed by atoms with Gasteiger partial charge in [-0.3, -0.25) is 14.1 Å². The van der Waals surface area contributed by atoms with Crippen LogP contribution in [0.2, 0.25) is 0 Å². The number of hydrogen-bond donors (Lipinski definition) is 1. The SMILES string of the molecule is CCCCCCOc1c(S(=O)(=O)O)ccc2c1C(=O)c1ccccc1C2=O. The molecule has 0 amide bonds. The van der Waals surface area contributed by atoms with Gasteiger partial charge in [-0.25, -0.2) is 0 Å². The smallest absolute Gasteiger partial charge is 0.298 e. The van der Waals surface area contributed by atoms with Crippen molar-refractivity contribution in [2.24, 2.45) is 0 Å². The molecule has 142 valence electrons. The Kier molecular flexibility index (Phi) is 5.43. The van der Waals surface area contributed by atoms with E-state index in [-0.39, 0.29) is 40.4 Å². The fourth-order valence-corrected chi connectivity index (χ4v) is 3.82. The van der Waals surface area contributed by atoms with Crippen molar-refractivity contribution in [2.45, 2.75) is 37.5 Å². The van der Waals surface area contributed by atoms with Gasteiger partial charge in [0, 0.05) is 16.7 Å². The summed E-state index contributed by atoms with van der Waals surface area (Å²) in [6.07, 6.45) is 3.59. The maximum absolute atomic E-state index is 13.0. The van der Waals surface area contributed by atoms with Gasteiger partial charge in [0.1, 0.15) is 4.90 Å². The van der Waals surface area contributed by atoms with E-state index in [0.29, 0.717) is 6.42 Å². The average molecular weight is 388 g/mol. The van der Waals surface area contributed by atoms with Gasteiger partial charge in [-0.1, -0.05) is 50.5 Å². The van der Waals surface area contributed by atoms with Crippen LogP contribution in [0.3, 0.4) is 0 Å². The molecule has 3 rings (SSSR count). The van der Waals surface area contributed by atoms with Gasteiger partial charge < -0.3 is 4.74 Å². The molecule has 7 heteroatoms. The Balaban J connectivity index is 2.10. The third-order valence-electron chi connectivity index (χ3n) is 4.53. The summed E-state index contributed by atoms with van der Waals surface area (Å²) >= 11 is 0. The average Bonchev–Trinajstić information content (AvgIpc) is 2.64. The summed E-state index contributed by atoms with van der Waals surface area (Å²) in [4.78, 5) is 25.2. The van der Waals surface area contributed by atoms with E-state index in [2.05, 4.69) is 6.92 Å². The first-order valence-electron chi connectivity index (χ1n) is 8.82. The third-order valence-corrected chi connectivity index (χ3v) is 5.41. The number of ether oxygens (including phenoxy) is 1. The summed E-state index contributed by atoms with van der Waals surface area (Å²) in [7, 11) is -4.62. The lowest BCUT2D eigenvalue weighted by molar-refractivity contribution is 0.0975. The molecule has 1 aliphatic rings. The van der Waals surface area contributed by atoms with Crippen LogP contribution in [0, 0.1) is 0 Å². The zero-order chi connectivity index (χ0) is 19.6. The Morgan fingerprint density at radius 2 is 1.56 bits per heavy atom. The van der Waals surface area contributed by atoms with Gasteiger partial charge in [-0.15, -0.1) is 0 Å². The highest BCUT2D eigenvalue weighted by Crippen LogP contribution is 2.37. The summed E-state index contributed by atoms with van der Waals surface area (Å²) in [6, 6.07) is 8.72. The zero-order valence-corrected chi connectivity index (χ0v) is 15.7. The molecule has 0 fully saturated rings. The third kappa shape index (κ3) is 3.65. The van der Waals surface area contributed by atoms with Crippen LogP contribution in [-0.2, 0) is 10.1 Å². The second-order valence-corrected chi connectivity index (χ2v) is 7.79. The standard InChI is InChI=1S/C20H20O6S/c1-2-3-4-7-12-26-20-16(27(23,24)25)11-10-15-17(20)19(22)14-9-6-5-8-13(14)18(15)21/h5-6,8-11H,2-4,7,12H2,1H3,(H,23,24,25). The Labute approximate surface area is 157 Å². The maximum Gasteiger partial charge on any atom is 0.298 e. The number of benzene rings is 2. The summed E-state index contributed by atoms with van der Waals surface area (Å²) < 4.78 is 38.8. The van der Waals surface area contributed by atoms with Crippen LogP contribution in [0.15, 0.2) is 41.3 Å². The van der Waals surface area contributed by atoms with Crippen molar-refractivity contribution in [2.75, 3.05) is 6.61 Å². The van der Waals surface area contributed by atoms with Gasteiger partial charge in [-0.2, -0.15) is 8.42 Å². The summed E-state index contributed by atoms with van der Waals surface area (Å²) in [5.41, 5.74) is 0.431. The quantitative estimate of drug-likeness (QED) is 0.490. The van der Waals surface area contributed by atoms with Crippen LogP contribution in [0.4, 0.5) is 0 Å². The maximum atomic E-state index is 13.0. The van der Waals surface area contributed by atoms with E-state index in [1.165, 1.54) is 12.1 Å². The minimum absolute atomic E-state index is 0.0784. The lowest BCUT2D eigenvalue weighted by Crippen LogP contribution is -2.23. The lowest BCUT2D eigenvalue weighted by Gasteiger charge is -2.21. The number of carbonyl (C=O) groups is 2. The van der Waals surface area contributed by atoms with Gasteiger partial charge in [0.15, 0.2) is 17.3 Å². The molecule has 0 bridgehead atoms. The van der Waals surface area contributed by atoms with Crippen LogP contribution in [-0.4, -0.2) is 31.1 Å². The topological polar surface area (TPSA) is 97.7 Å². The molecule has 2 aromatic carbocycles. The molecule has 27 heavy (non-hydrogen) atoms. The minimum Gasteiger partial charge on any atom is -0.491 e. The van der Waals surface area contributed by atoms with Gasteiger partial charge in [0.2, 0.25) is 0 Å². The molecule has 0 radical (unpaired) electrons. The fraction of sp³-hybridized carbons (Fsp3) is 0.300. The molecule has 0 saturated heterocycles. The molecule has 2 aromatic rings. The van der Waals surface area contributed by atoms with Crippen LogP contribution in [0.1, 0.15) is 64.4 Å². The highest BCUT2D eigenvalue weighted by Gasteiger charge is 2.35. The molecule has 0 aromatic heterocycles. The first-order valence-corrected chi connectivity index (χ1v) is 10.3. The van der Waals surface area contributed by atoms with E-state index >= 15 is 0 Å². The number of ketones is 2. The van der Waals surface area contributed by atoms with Crippen LogP contribution in [0.5, 0.6) is 5.75 Å².